The van der Waals surface area contributed by atoms with Crippen molar-refractivity contribution in [1.82, 2.24) is 19.9 Å². The largest absolute Gasteiger partial charge is 0.256 e. The number of benzene rings is 5. The van der Waals surface area contributed by atoms with Gasteiger partial charge in [0.1, 0.15) is 0 Å². The maximum Gasteiger partial charge on any atom is 0.160 e. The van der Waals surface area contributed by atoms with Crippen molar-refractivity contribution in [3.8, 4) is 67.5 Å². The number of fused-ring (bicyclic) bond motifs is 2. The Bertz CT molecular complexity index is 2730. The van der Waals surface area contributed by atoms with Gasteiger partial charge in [0, 0.05) is 52.0 Å². The molecule has 2 aliphatic rings. The van der Waals surface area contributed by atoms with Crippen molar-refractivity contribution in [1.29, 1.82) is 0 Å². The molecule has 3 heterocycles. The fourth-order valence-electron chi connectivity index (χ4n) is 7.93. The fraction of sp³-hybridized carbons (Fsp3) is 0.0385. The van der Waals surface area contributed by atoms with E-state index < -0.39 is 0 Å². The van der Waals surface area contributed by atoms with E-state index in [2.05, 4.69) is 168 Å². The van der Waals surface area contributed by atoms with Crippen LogP contribution in [0.25, 0.3) is 83.9 Å². The zero-order valence-electron chi connectivity index (χ0n) is 30.6. The Morgan fingerprint density at radius 3 is 1.61 bits per heavy atom. The Labute approximate surface area is 326 Å². The van der Waals surface area contributed by atoms with Crippen molar-refractivity contribution in [2.75, 3.05) is 0 Å². The lowest BCUT2D eigenvalue weighted by molar-refractivity contribution is 0.678. The molecule has 0 spiro atoms. The molecule has 0 fully saturated rings. The summed E-state index contributed by atoms with van der Waals surface area (Å²) in [5.74, 6) is 1.24. The lowest BCUT2D eigenvalue weighted by Gasteiger charge is -2.28. The quantitative estimate of drug-likeness (QED) is 0.165. The van der Waals surface area contributed by atoms with E-state index in [0.717, 1.165) is 56.2 Å². The molecule has 0 N–H and O–H groups in total. The first-order chi connectivity index (χ1) is 27.7. The topological polar surface area (TPSA) is 51.6 Å². The number of hydrogen-bond acceptors (Lipinski definition) is 4. The summed E-state index contributed by atoms with van der Waals surface area (Å²) in [7, 11) is 0. The minimum absolute atomic E-state index is 0.249. The first kappa shape index (κ1) is 33.3. The zero-order valence-corrected chi connectivity index (χ0v) is 30.6. The first-order valence-electron chi connectivity index (χ1n) is 19.0. The van der Waals surface area contributed by atoms with Crippen LogP contribution < -0.4 is 0 Å². The average molecular weight is 717 g/mol. The standard InChI is InChI=1S/C52H36N4/c1-3-15-44-35(11-1)13-9-17-46(44)41-31-42(47-18-10-14-36-12-2-4-16-45(36)47)33-43(32-41)52-55-50(39-25-21-37(22-26-39)48-19-5-7-29-53-48)34-51(56-52)40-27-23-38(24-28-40)49-20-6-8-30-54-49/h1-35,44H. The molecule has 0 radical (unpaired) electrons. The van der Waals surface area contributed by atoms with Gasteiger partial charge < -0.3 is 0 Å². The summed E-state index contributed by atoms with van der Waals surface area (Å²) in [6.45, 7) is 0. The summed E-state index contributed by atoms with van der Waals surface area (Å²) in [4.78, 5) is 19.8. The van der Waals surface area contributed by atoms with Gasteiger partial charge in [0.15, 0.2) is 5.82 Å². The Morgan fingerprint density at radius 1 is 0.393 bits per heavy atom. The van der Waals surface area contributed by atoms with Crippen LogP contribution in [0.15, 0.2) is 207 Å². The van der Waals surface area contributed by atoms with Crippen LogP contribution in [0.5, 0.6) is 0 Å². The minimum Gasteiger partial charge on any atom is -0.256 e. The van der Waals surface area contributed by atoms with E-state index >= 15 is 0 Å². The third kappa shape index (κ3) is 6.48. The molecule has 4 nitrogen and oxygen atoms in total. The molecule has 4 heteroatoms. The Balaban J connectivity index is 1.15. The third-order valence-electron chi connectivity index (χ3n) is 10.8. The van der Waals surface area contributed by atoms with Crippen LogP contribution in [0.3, 0.4) is 0 Å². The van der Waals surface area contributed by atoms with Gasteiger partial charge in [-0.15, -0.1) is 0 Å². The van der Waals surface area contributed by atoms with E-state index in [9.17, 15) is 0 Å². The van der Waals surface area contributed by atoms with Gasteiger partial charge in [-0.1, -0.05) is 146 Å². The summed E-state index contributed by atoms with van der Waals surface area (Å²) < 4.78 is 0. The van der Waals surface area contributed by atoms with Gasteiger partial charge in [-0.05, 0) is 81.6 Å². The summed E-state index contributed by atoms with van der Waals surface area (Å²) in [6, 6.07) is 53.1. The summed E-state index contributed by atoms with van der Waals surface area (Å²) in [5, 5.41) is 2.42. The number of allylic oxidation sites excluding steroid dienone is 8. The van der Waals surface area contributed by atoms with Crippen LogP contribution in [0, 0.1) is 11.8 Å². The lowest BCUT2D eigenvalue weighted by atomic mass is 9.76. The number of hydrogen-bond donors (Lipinski definition) is 0. The number of pyridine rings is 2. The average Bonchev–Trinajstić information content (AvgIpc) is 3.29. The van der Waals surface area contributed by atoms with Gasteiger partial charge in [-0.2, -0.15) is 0 Å². The van der Waals surface area contributed by atoms with Crippen LogP contribution in [0.1, 0.15) is 5.56 Å². The van der Waals surface area contributed by atoms with Crippen LogP contribution in [-0.2, 0) is 0 Å². The van der Waals surface area contributed by atoms with Crippen molar-refractivity contribution < 1.29 is 0 Å². The molecule has 2 aliphatic carbocycles. The molecule has 56 heavy (non-hydrogen) atoms. The predicted molar refractivity (Wildman–Crippen MR) is 230 cm³/mol. The van der Waals surface area contributed by atoms with E-state index in [1.165, 1.54) is 27.5 Å². The maximum absolute atomic E-state index is 5.34. The van der Waals surface area contributed by atoms with Crippen LogP contribution >= 0.6 is 0 Å². The van der Waals surface area contributed by atoms with Gasteiger partial charge in [-0.3, -0.25) is 9.97 Å². The third-order valence-corrected chi connectivity index (χ3v) is 10.8. The molecule has 264 valence electrons. The van der Waals surface area contributed by atoms with E-state index in [0.29, 0.717) is 11.7 Å². The number of aromatic nitrogens is 4. The van der Waals surface area contributed by atoms with E-state index in [-0.39, 0.29) is 5.92 Å². The van der Waals surface area contributed by atoms with Gasteiger partial charge in [-0.25, -0.2) is 9.97 Å². The van der Waals surface area contributed by atoms with Crippen LogP contribution in [-0.4, -0.2) is 19.9 Å². The smallest absolute Gasteiger partial charge is 0.160 e. The molecule has 0 amide bonds. The van der Waals surface area contributed by atoms with Crippen molar-refractivity contribution >= 4 is 16.3 Å². The highest BCUT2D eigenvalue weighted by molar-refractivity contribution is 5.98. The molecule has 0 saturated carbocycles. The Morgan fingerprint density at radius 2 is 0.946 bits per heavy atom. The maximum atomic E-state index is 5.34. The molecule has 5 aromatic carbocycles. The number of nitrogens with zero attached hydrogens (tertiary/aromatic N) is 4. The minimum atomic E-state index is 0.249. The molecule has 8 aromatic rings. The molecule has 2 atom stereocenters. The van der Waals surface area contributed by atoms with Crippen LogP contribution in [0.2, 0.25) is 0 Å². The Kier molecular flexibility index (Phi) is 8.62. The van der Waals surface area contributed by atoms with Gasteiger partial charge in [0.25, 0.3) is 0 Å². The molecular formula is C52H36N4. The number of rotatable bonds is 7. The molecule has 0 aliphatic heterocycles. The molecular weight excluding hydrogens is 681 g/mol. The molecule has 0 bridgehead atoms. The lowest BCUT2D eigenvalue weighted by Crippen LogP contribution is -2.15. The summed E-state index contributed by atoms with van der Waals surface area (Å²) >= 11 is 0. The van der Waals surface area contributed by atoms with Gasteiger partial charge in [0.05, 0.1) is 22.8 Å². The predicted octanol–water partition coefficient (Wildman–Crippen LogP) is 12.7. The summed E-state index contributed by atoms with van der Waals surface area (Å²) in [6.07, 6.45) is 19.3. The normalized spacial score (nSPS) is 15.8. The van der Waals surface area contributed by atoms with E-state index in [4.69, 9.17) is 9.97 Å². The van der Waals surface area contributed by atoms with E-state index in [1.54, 1.807) is 0 Å². The van der Waals surface area contributed by atoms with E-state index in [1.807, 2.05) is 48.8 Å². The summed E-state index contributed by atoms with van der Waals surface area (Å²) in [5.41, 5.74) is 13.4. The monoisotopic (exact) mass is 716 g/mol. The van der Waals surface area contributed by atoms with Gasteiger partial charge >= 0.3 is 0 Å². The highest BCUT2D eigenvalue weighted by Gasteiger charge is 2.25. The van der Waals surface area contributed by atoms with Crippen LogP contribution in [0.4, 0.5) is 0 Å². The Hall–Kier alpha value is -7.30. The SMILES string of the molecule is C1=CC2C=CC=C(c3cc(-c4nc(-c5ccc(-c6ccccn6)cc5)cc(-c5ccc(-c6ccccn6)cc5)n4)cc(-c4cccc5ccccc45)c3)C2C=C1. The molecule has 0 saturated heterocycles. The molecule has 3 aromatic heterocycles. The molecule has 10 rings (SSSR count). The van der Waals surface area contributed by atoms with Crippen molar-refractivity contribution in [3.05, 3.63) is 212 Å². The second-order valence-corrected chi connectivity index (χ2v) is 14.3. The highest BCUT2D eigenvalue weighted by Crippen LogP contribution is 2.41. The first-order valence-corrected chi connectivity index (χ1v) is 19.0. The second kappa shape index (κ2) is 14.5. The van der Waals surface area contributed by atoms with Crippen molar-refractivity contribution in [3.63, 3.8) is 0 Å². The molecule has 2 unspecified atom stereocenters. The second-order valence-electron chi connectivity index (χ2n) is 14.3. The fourth-order valence-corrected chi connectivity index (χ4v) is 7.93. The highest BCUT2D eigenvalue weighted by atomic mass is 14.9. The van der Waals surface area contributed by atoms with Crippen molar-refractivity contribution in [2.24, 2.45) is 11.8 Å². The van der Waals surface area contributed by atoms with Gasteiger partial charge in [0.2, 0.25) is 0 Å². The zero-order chi connectivity index (χ0) is 37.3. The van der Waals surface area contributed by atoms with Crippen molar-refractivity contribution in [2.45, 2.75) is 0 Å².